The molecule has 0 saturated heterocycles. The number of hydrogen-bond acceptors (Lipinski definition) is 2. The second kappa shape index (κ2) is 9.22. The van der Waals surface area contributed by atoms with Crippen LogP contribution in [0.1, 0.15) is 0 Å². The van der Waals surface area contributed by atoms with Gasteiger partial charge in [0.2, 0.25) is 0 Å². The van der Waals surface area contributed by atoms with Crippen molar-refractivity contribution in [1.29, 1.82) is 0 Å². The van der Waals surface area contributed by atoms with Crippen molar-refractivity contribution in [3.8, 4) is 11.1 Å². The fourth-order valence-electron chi connectivity index (χ4n) is 7.29. The number of benzene rings is 7. The van der Waals surface area contributed by atoms with E-state index in [-0.39, 0.29) is 0 Å². The normalized spacial score (nSPS) is 12.0. The molecule has 0 fully saturated rings. The molecule has 3 aromatic heterocycles. The molecule has 0 bridgehead atoms. The highest BCUT2D eigenvalue weighted by Gasteiger charge is 2.20. The monoisotopic (exact) mass is 574 g/mol. The molecule has 0 atom stereocenters. The molecule has 3 heterocycles. The number of nitrogens with zero attached hydrogens (tertiary/aromatic N) is 2. The van der Waals surface area contributed by atoms with Gasteiger partial charge in [0.1, 0.15) is 11.2 Å². The quantitative estimate of drug-likeness (QED) is 0.208. The summed E-state index contributed by atoms with van der Waals surface area (Å²) in [5.41, 5.74) is 11.3. The third-order valence-corrected chi connectivity index (χ3v) is 9.32. The maximum atomic E-state index is 6.20. The van der Waals surface area contributed by atoms with Crippen LogP contribution in [-0.2, 0) is 0 Å². The Morgan fingerprint density at radius 2 is 0.956 bits per heavy atom. The SMILES string of the molecule is c1ccc(-c2ccc(N(c3ccc4oc5ccccc5c4c3)c3ccc4c(c3)c3cccc5c6ccccc6n4c53)cc2)cc1. The molecule has 3 heteroatoms. The molecule has 0 aliphatic heterocycles. The molecule has 0 saturated carbocycles. The Balaban J connectivity index is 1.21. The highest BCUT2D eigenvalue weighted by molar-refractivity contribution is 6.23. The summed E-state index contributed by atoms with van der Waals surface area (Å²) in [6.45, 7) is 0. The van der Waals surface area contributed by atoms with Crippen LogP contribution in [0.3, 0.4) is 0 Å². The number of fused-ring (bicyclic) bond motifs is 9. The first-order valence-electron chi connectivity index (χ1n) is 15.4. The molecule has 0 N–H and O–H groups in total. The zero-order valence-corrected chi connectivity index (χ0v) is 24.3. The Bertz CT molecular complexity index is 2700. The summed E-state index contributed by atoms with van der Waals surface area (Å²) >= 11 is 0. The molecule has 210 valence electrons. The molecular formula is C42H26N2O. The Morgan fingerprint density at radius 1 is 0.378 bits per heavy atom. The van der Waals surface area contributed by atoms with Crippen LogP contribution >= 0.6 is 0 Å². The topological polar surface area (TPSA) is 20.8 Å². The number of rotatable bonds is 4. The lowest BCUT2D eigenvalue weighted by Crippen LogP contribution is -2.09. The van der Waals surface area contributed by atoms with Crippen molar-refractivity contribution in [2.75, 3.05) is 4.90 Å². The summed E-state index contributed by atoms with van der Waals surface area (Å²) in [5.74, 6) is 0. The number of furan rings is 1. The molecule has 10 aromatic rings. The molecule has 45 heavy (non-hydrogen) atoms. The van der Waals surface area contributed by atoms with E-state index in [1.807, 2.05) is 12.1 Å². The van der Waals surface area contributed by atoms with Gasteiger partial charge in [-0.2, -0.15) is 0 Å². The van der Waals surface area contributed by atoms with Crippen LogP contribution in [-0.4, -0.2) is 4.40 Å². The Morgan fingerprint density at radius 3 is 1.80 bits per heavy atom. The Labute approximate surface area is 259 Å². The van der Waals surface area contributed by atoms with Crippen molar-refractivity contribution < 1.29 is 4.42 Å². The first-order valence-corrected chi connectivity index (χ1v) is 15.4. The maximum absolute atomic E-state index is 6.20. The summed E-state index contributed by atoms with van der Waals surface area (Å²) < 4.78 is 8.63. The number of anilines is 3. The molecule has 7 aromatic carbocycles. The van der Waals surface area contributed by atoms with Crippen LogP contribution in [0.15, 0.2) is 162 Å². The van der Waals surface area contributed by atoms with E-state index in [0.29, 0.717) is 0 Å². The molecule has 0 amide bonds. The predicted molar refractivity (Wildman–Crippen MR) is 188 cm³/mol. The van der Waals surface area contributed by atoms with E-state index in [0.717, 1.165) is 39.0 Å². The van der Waals surface area contributed by atoms with Gasteiger partial charge in [0, 0.05) is 49.4 Å². The molecule has 0 spiro atoms. The van der Waals surface area contributed by atoms with Gasteiger partial charge in [-0.3, -0.25) is 0 Å². The highest BCUT2D eigenvalue weighted by atomic mass is 16.3. The standard InChI is InChI=1S/C42H26N2O/c1-2-9-27(10-3-1)28-17-19-29(20-18-28)43(31-22-24-41-37(26-31)33-12-5-7-16-40(33)45-41)30-21-23-39-36(25-30)35-14-8-13-34-32-11-4-6-15-38(32)44(39)42(34)35/h1-26H. The number of para-hydroxylation sites is 3. The second-order valence-electron chi connectivity index (χ2n) is 11.8. The molecule has 10 rings (SSSR count). The predicted octanol–water partition coefficient (Wildman–Crippen LogP) is 11.9. The smallest absolute Gasteiger partial charge is 0.135 e. The average Bonchev–Trinajstić information content (AvgIpc) is 3.76. The molecule has 0 aliphatic rings. The minimum absolute atomic E-state index is 0.895. The van der Waals surface area contributed by atoms with Crippen molar-refractivity contribution in [3.05, 3.63) is 158 Å². The summed E-state index contributed by atoms with van der Waals surface area (Å²) in [4.78, 5) is 2.36. The highest BCUT2D eigenvalue weighted by Crippen LogP contribution is 2.43. The second-order valence-corrected chi connectivity index (χ2v) is 11.8. The van der Waals surface area contributed by atoms with Crippen molar-refractivity contribution in [1.82, 2.24) is 4.40 Å². The van der Waals surface area contributed by atoms with E-state index in [9.17, 15) is 0 Å². The van der Waals surface area contributed by atoms with Gasteiger partial charge < -0.3 is 13.7 Å². The Kier molecular flexibility index (Phi) is 5.00. The maximum Gasteiger partial charge on any atom is 0.135 e. The van der Waals surface area contributed by atoms with Gasteiger partial charge in [0.15, 0.2) is 0 Å². The van der Waals surface area contributed by atoms with Gasteiger partial charge in [0.05, 0.1) is 16.6 Å². The number of aromatic nitrogens is 1. The summed E-state index contributed by atoms with van der Waals surface area (Å²) in [7, 11) is 0. The van der Waals surface area contributed by atoms with Gasteiger partial charge in [-0.1, -0.05) is 97.1 Å². The van der Waals surface area contributed by atoms with E-state index in [1.54, 1.807) is 0 Å². The number of hydrogen-bond donors (Lipinski definition) is 0. The van der Waals surface area contributed by atoms with Crippen molar-refractivity contribution in [3.63, 3.8) is 0 Å². The first-order chi connectivity index (χ1) is 22.3. The van der Waals surface area contributed by atoms with Gasteiger partial charge in [-0.25, -0.2) is 0 Å². The fraction of sp³-hybridized carbons (Fsp3) is 0. The van der Waals surface area contributed by atoms with Crippen LogP contribution < -0.4 is 4.90 Å². The molecule has 0 radical (unpaired) electrons. The third-order valence-electron chi connectivity index (χ3n) is 9.32. The van der Waals surface area contributed by atoms with Crippen LogP contribution in [0.2, 0.25) is 0 Å². The molecule has 0 unspecified atom stereocenters. The minimum Gasteiger partial charge on any atom is -0.456 e. The fourth-order valence-corrected chi connectivity index (χ4v) is 7.29. The van der Waals surface area contributed by atoms with Gasteiger partial charge in [0.25, 0.3) is 0 Å². The van der Waals surface area contributed by atoms with Gasteiger partial charge in [-0.05, 0) is 71.8 Å². The minimum atomic E-state index is 0.895. The van der Waals surface area contributed by atoms with E-state index in [4.69, 9.17) is 4.42 Å². The zero-order chi connectivity index (χ0) is 29.5. The molecule has 0 aliphatic carbocycles. The van der Waals surface area contributed by atoms with Crippen LogP contribution in [0, 0.1) is 0 Å². The molecular weight excluding hydrogens is 548 g/mol. The van der Waals surface area contributed by atoms with E-state index in [2.05, 4.69) is 155 Å². The van der Waals surface area contributed by atoms with E-state index >= 15 is 0 Å². The summed E-state index contributed by atoms with van der Waals surface area (Å²) in [6, 6.07) is 56.6. The van der Waals surface area contributed by atoms with Crippen LogP contribution in [0.4, 0.5) is 17.1 Å². The lowest BCUT2D eigenvalue weighted by Gasteiger charge is -2.26. The van der Waals surface area contributed by atoms with Crippen molar-refractivity contribution in [2.24, 2.45) is 0 Å². The first kappa shape index (κ1) is 24.4. The summed E-state index contributed by atoms with van der Waals surface area (Å²) in [6.07, 6.45) is 0. The van der Waals surface area contributed by atoms with Crippen molar-refractivity contribution >= 4 is 77.1 Å². The summed E-state index contributed by atoms with van der Waals surface area (Å²) in [5, 5.41) is 7.36. The van der Waals surface area contributed by atoms with Gasteiger partial charge in [-0.15, -0.1) is 0 Å². The van der Waals surface area contributed by atoms with Crippen LogP contribution in [0.5, 0.6) is 0 Å². The largest absolute Gasteiger partial charge is 0.456 e. The average molecular weight is 575 g/mol. The van der Waals surface area contributed by atoms with Crippen molar-refractivity contribution in [2.45, 2.75) is 0 Å². The van der Waals surface area contributed by atoms with E-state index < -0.39 is 0 Å². The van der Waals surface area contributed by atoms with Gasteiger partial charge >= 0.3 is 0 Å². The van der Waals surface area contributed by atoms with Crippen LogP contribution in [0.25, 0.3) is 71.2 Å². The lowest BCUT2D eigenvalue weighted by molar-refractivity contribution is 0.669. The lowest BCUT2D eigenvalue weighted by atomic mass is 10.0. The Hall–Kier alpha value is -6.06. The molecule has 3 nitrogen and oxygen atoms in total. The zero-order valence-electron chi connectivity index (χ0n) is 24.3. The van der Waals surface area contributed by atoms with E-state index in [1.165, 1.54) is 49.2 Å². The third kappa shape index (κ3) is 3.52.